The maximum absolute atomic E-state index is 9.01. The molecule has 0 amide bonds. The Morgan fingerprint density at radius 1 is 1.31 bits per heavy atom. The molecule has 1 aromatic carbocycles. The predicted octanol–water partition coefficient (Wildman–Crippen LogP) is 2.06. The predicted molar refractivity (Wildman–Crippen MR) is 59.6 cm³/mol. The smallest absolute Gasteiger partial charge is 0.235 e. The van der Waals surface area contributed by atoms with Crippen molar-refractivity contribution in [2.45, 2.75) is 6.92 Å². The molecule has 0 bridgehead atoms. The molecule has 0 aliphatic rings. The third-order valence-corrected chi connectivity index (χ3v) is 2.32. The van der Waals surface area contributed by atoms with E-state index in [1.807, 2.05) is 30.3 Å². The summed E-state index contributed by atoms with van der Waals surface area (Å²) in [7, 11) is 1.54. The average molecular weight is 213 g/mol. The van der Waals surface area contributed by atoms with Crippen molar-refractivity contribution < 1.29 is 4.74 Å². The molecule has 0 atom stereocenters. The molecular formula is C12H11N3O. The highest BCUT2D eigenvalue weighted by atomic mass is 16.5. The minimum absolute atomic E-state index is 0.478. The highest BCUT2D eigenvalue weighted by Gasteiger charge is 2.16. The van der Waals surface area contributed by atoms with Crippen LogP contribution in [-0.4, -0.2) is 16.9 Å². The molecular weight excluding hydrogens is 202 g/mol. The zero-order chi connectivity index (χ0) is 11.5. The van der Waals surface area contributed by atoms with E-state index in [0.717, 1.165) is 5.69 Å². The molecule has 1 heterocycles. The Morgan fingerprint density at radius 3 is 2.56 bits per heavy atom. The number of nitriles is 1. The molecule has 4 heteroatoms. The van der Waals surface area contributed by atoms with E-state index >= 15 is 0 Å². The van der Waals surface area contributed by atoms with Crippen LogP contribution < -0.4 is 4.74 Å². The third kappa shape index (κ3) is 1.52. The largest absolute Gasteiger partial charge is 0.480 e. The SMILES string of the molecule is COc1c(C#N)c(C)nn1-c1ccccc1. The quantitative estimate of drug-likeness (QED) is 0.767. The van der Waals surface area contributed by atoms with Gasteiger partial charge in [0.1, 0.15) is 11.6 Å². The normalized spacial score (nSPS) is 9.81. The van der Waals surface area contributed by atoms with Crippen LogP contribution in [0.5, 0.6) is 5.88 Å². The second-order valence-corrected chi connectivity index (χ2v) is 3.33. The number of aryl methyl sites for hydroxylation is 1. The van der Waals surface area contributed by atoms with Gasteiger partial charge in [0.25, 0.3) is 0 Å². The third-order valence-electron chi connectivity index (χ3n) is 2.32. The van der Waals surface area contributed by atoms with Gasteiger partial charge in [0.15, 0.2) is 0 Å². The van der Waals surface area contributed by atoms with Crippen molar-refractivity contribution in [1.82, 2.24) is 9.78 Å². The van der Waals surface area contributed by atoms with E-state index < -0.39 is 0 Å². The summed E-state index contributed by atoms with van der Waals surface area (Å²) < 4.78 is 6.85. The number of hydrogen-bond donors (Lipinski definition) is 0. The molecule has 0 spiro atoms. The van der Waals surface area contributed by atoms with Gasteiger partial charge in [0.05, 0.1) is 18.5 Å². The number of benzene rings is 1. The molecule has 80 valence electrons. The van der Waals surface area contributed by atoms with Gasteiger partial charge >= 0.3 is 0 Å². The number of para-hydroxylation sites is 1. The highest BCUT2D eigenvalue weighted by Crippen LogP contribution is 2.24. The number of ether oxygens (including phenoxy) is 1. The van der Waals surface area contributed by atoms with Gasteiger partial charge in [-0.2, -0.15) is 15.0 Å². The molecule has 0 aliphatic heterocycles. The average Bonchev–Trinajstić information content (AvgIpc) is 2.66. The van der Waals surface area contributed by atoms with Crippen LogP contribution in [0, 0.1) is 18.3 Å². The Labute approximate surface area is 93.7 Å². The summed E-state index contributed by atoms with van der Waals surface area (Å²) in [6.45, 7) is 1.79. The van der Waals surface area contributed by atoms with Gasteiger partial charge in [-0.05, 0) is 19.1 Å². The first kappa shape index (κ1) is 10.2. The lowest BCUT2D eigenvalue weighted by atomic mass is 10.3. The van der Waals surface area contributed by atoms with Crippen LogP contribution in [0.25, 0.3) is 5.69 Å². The Bertz CT molecular complexity index is 537. The van der Waals surface area contributed by atoms with E-state index in [0.29, 0.717) is 17.1 Å². The van der Waals surface area contributed by atoms with Crippen molar-refractivity contribution in [1.29, 1.82) is 5.26 Å². The lowest BCUT2D eigenvalue weighted by molar-refractivity contribution is 0.382. The molecule has 0 fully saturated rings. The van der Waals surface area contributed by atoms with Gasteiger partial charge in [-0.15, -0.1) is 0 Å². The fourth-order valence-corrected chi connectivity index (χ4v) is 1.57. The first-order valence-electron chi connectivity index (χ1n) is 4.87. The molecule has 16 heavy (non-hydrogen) atoms. The van der Waals surface area contributed by atoms with E-state index in [1.165, 1.54) is 7.11 Å². The number of rotatable bonds is 2. The van der Waals surface area contributed by atoms with Crippen LogP contribution in [0.3, 0.4) is 0 Å². The molecule has 2 rings (SSSR count). The number of methoxy groups -OCH3 is 1. The number of hydrogen-bond acceptors (Lipinski definition) is 3. The molecule has 0 saturated carbocycles. The monoisotopic (exact) mass is 213 g/mol. The van der Waals surface area contributed by atoms with E-state index in [1.54, 1.807) is 11.6 Å². The summed E-state index contributed by atoms with van der Waals surface area (Å²) in [5, 5.41) is 13.3. The molecule has 4 nitrogen and oxygen atoms in total. The van der Waals surface area contributed by atoms with E-state index in [4.69, 9.17) is 10.00 Å². The van der Waals surface area contributed by atoms with Gasteiger partial charge in [-0.25, -0.2) is 0 Å². The fraction of sp³-hybridized carbons (Fsp3) is 0.167. The number of nitrogens with zero attached hydrogens (tertiary/aromatic N) is 3. The van der Waals surface area contributed by atoms with Crippen molar-refractivity contribution in [3.05, 3.63) is 41.6 Å². The topological polar surface area (TPSA) is 50.8 Å². The standard InChI is InChI=1S/C12H11N3O/c1-9-11(8-13)12(16-2)15(14-9)10-6-4-3-5-7-10/h3-7H,1-2H3. The Balaban J connectivity index is 2.63. The molecule has 1 aromatic heterocycles. The van der Waals surface area contributed by atoms with Gasteiger partial charge in [0.2, 0.25) is 5.88 Å². The molecule has 0 saturated heterocycles. The molecule has 0 radical (unpaired) electrons. The van der Waals surface area contributed by atoms with Gasteiger partial charge in [-0.3, -0.25) is 0 Å². The lowest BCUT2D eigenvalue weighted by Crippen LogP contribution is -1.99. The second-order valence-electron chi connectivity index (χ2n) is 3.33. The van der Waals surface area contributed by atoms with Crippen LogP contribution in [0.15, 0.2) is 30.3 Å². The van der Waals surface area contributed by atoms with Crippen LogP contribution >= 0.6 is 0 Å². The first-order chi connectivity index (χ1) is 7.77. The van der Waals surface area contributed by atoms with E-state index in [2.05, 4.69) is 11.2 Å². The second kappa shape index (κ2) is 4.07. The van der Waals surface area contributed by atoms with Crippen molar-refractivity contribution in [3.8, 4) is 17.6 Å². The van der Waals surface area contributed by atoms with Crippen molar-refractivity contribution in [3.63, 3.8) is 0 Å². The minimum Gasteiger partial charge on any atom is -0.480 e. The molecule has 0 unspecified atom stereocenters. The summed E-state index contributed by atoms with van der Waals surface area (Å²) in [5.74, 6) is 0.478. The van der Waals surface area contributed by atoms with Crippen LogP contribution in [-0.2, 0) is 0 Å². The van der Waals surface area contributed by atoms with Gasteiger partial charge in [-0.1, -0.05) is 18.2 Å². The highest BCUT2D eigenvalue weighted by molar-refractivity contribution is 5.47. The summed E-state index contributed by atoms with van der Waals surface area (Å²) in [4.78, 5) is 0. The summed E-state index contributed by atoms with van der Waals surface area (Å²) >= 11 is 0. The lowest BCUT2D eigenvalue weighted by Gasteiger charge is -2.05. The molecule has 0 aliphatic carbocycles. The maximum Gasteiger partial charge on any atom is 0.235 e. The van der Waals surface area contributed by atoms with Gasteiger partial charge in [0, 0.05) is 0 Å². The Morgan fingerprint density at radius 2 is 2.00 bits per heavy atom. The fourth-order valence-electron chi connectivity index (χ4n) is 1.57. The van der Waals surface area contributed by atoms with Crippen molar-refractivity contribution in [2.24, 2.45) is 0 Å². The summed E-state index contributed by atoms with van der Waals surface area (Å²) in [6, 6.07) is 11.7. The zero-order valence-electron chi connectivity index (χ0n) is 9.14. The van der Waals surface area contributed by atoms with Crippen molar-refractivity contribution in [2.75, 3.05) is 7.11 Å². The molecule has 2 aromatic rings. The van der Waals surface area contributed by atoms with Crippen LogP contribution in [0.2, 0.25) is 0 Å². The summed E-state index contributed by atoms with van der Waals surface area (Å²) in [5.41, 5.74) is 2.03. The Hall–Kier alpha value is -2.28. The minimum atomic E-state index is 0.478. The van der Waals surface area contributed by atoms with Crippen molar-refractivity contribution >= 4 is 0 Å². The van der Waals surface area contributed by atoms with E-state index in [9.17, 15) is 0 Å². The Kier molecular flexibility index (Phi) is 2.61. The van der Waals surface area contributed by atoms with Crippen LogP contribution in [0.4, 0.5) is 0 Å². The molecule has 0 N–H and O–H groups in total. The zero-order valence-corrected chi connectivity index (χ0v) is 9.14. The summed E-state index contributed by atoms with van der Waals surface area (Å²) in [6.07, 6.45) is 0. The van der Waals surface area contributed by atoms with Gasteiger partial charge < -0.3 is 4.74 Å². The maximum atomic E-state index is 9.01. The first-order valence-corrected chi connectivity index (χ1v) is 4.87. The van der Waals surface area contributed by atoms with Crippen LogP contribution in [0.1, 0.15) is 11.3 Å². The van der Waals surface area contributed by atoms with E-state index in [-0.39, 0.29) is 0 Å². The number of aromatic nitrogens is 2.